The highest BCUT2D eigenvalue weighted by atomic mass is 16.8. The highest BCUT2D eigenvalue weighted by Crippen LogP contribution is 2.26. The maximum atomic E-state index is 11.9. The number of amides is 1. The van der Waals surface area contributed by atoms with Crippen molar-refractivity contribution in [2.75, 3.05) is 25.0 Å². The maximum absolute atomic E-state index is 11.9. The van der Waals surface area contributed by atoms with Crippen molar-refractivity contribution in [3.05, 3.63) is 30.0 Å². The van der Waals surface area contributed by atoms with Crippen LogP contribution in [0.3, 0.4) is 0 Å². The SMILES string of the molecule is O=C(/C=C/c1ccc(N[C@@H]2CCCN(C3CCCCC3)C2)nc1)NOC1CCCCO1. The molecular formula is C24H36N4O3. The predicted octanol–water partition coefficient (Wildman–Crippen LogP) is 3.88. The van der Waals surface area contributed by atoms with Crippen LogP contribution in [0.15, 0.2) is 24.4 Å². The Morgan fingerprint density at radius 2 is 1.97 bits per heavy atom. The van der Waals surface area contributed by atoms with Gasteiger partial charge in [-0.1, -0.05) is 19.3 Å². The zero-order valence-electron chi connectivity index (χ0n) is 18.4. The van der Waals surface area contributed by atoms with E-state index in [1.165, 1.54) is 57.6 Å². The molecule has 3 fully saturated rings. The van der Waals surface area contributed by atoms with Crippen molar-refractivity contribution in [1.29, 1.82) is 0 Å². The Hall–Kier alpha value is -1.96. The third-order valence-corrected chi connectivity index (χ3v) is 6.54. The van der Waals surface area contributed by atoms with Crippen molar-refractivity contribution < 1.29 is 14.4 Å². The van der Waals surface area contributed by atoms with Crippen molar-refractivity contribution in [2.45, 2.75) is 82.6 Å². The number of anilines is 1. The molecule has 1 unspecified atom stereocenters. The van der Waals surface area contributed by atoms with E-state index in [9.17, 15) is 4.79 Å². The van der Waals surface area contributed by atoms with Gasteiger partial charge in [0.1, 0.15) is 5.82 Å². The van der Waals surface area contributed by atoms with Crippen molar-refractivity contribution >= 4 is 17.8 Å². The van der Waals surface area contributed by atoms with Gasteiger partial charge < -0.3 is 10.1 Å². The first-order valence-electron chi connectivity index (χ1n) is 12.0. The van der Waals surface area contributed by atoms with Crippen LogP contribution in [0.4, 0.5) is 5.82 Å². The van der Waals surface area contributed by atoms with Gasteiger partial charge in [-0.05, 0) is 68.8 Å². The second-order valence-electron chi connectivity index (χ2n) is 8.96. The molecule has 7 nitrogen and oxygen atoms in total. The molecule has 170 valence electrons. The van der Waals surface area contributed by atoms with Gasteiger partial charge in [-0.25, -0.2) is 15.3 Å². The molecule has 2 N–H and O–H groups in total. The summed E-state index contributed by atoms with van der Waals surface area (Å²) in [5.74, 6) is 0.594. The molecule has 1 aliphatic carbocycles. The zero-order valence-corrected chi connectivity index (χ0v) is 18.4. The number of likely N-dealkylation sites (tertiary alicyclic amines) is 1. The van der Waals surface area contributed by atoms with E-state index in [1.54, 1.807) is 12.3 Å². The van der Waals surface area contributed by atoms with Crippen LogP contribution >= 0.6 is 0 Å². The van der Waals surface area contributed by atoms with Crippen LogP contribution in [0.5, 0.6) is 0 Å². The lowest BCUT2D eigenvalue weighted by Crippen LogP contribution is -2.47. The zero-order chi connectivity index (χ0) is 21.3. The fraction of sp³-hybridized carbons (Fsp3) is 0.667. The largest absolute Gasteiger partial charge is 0.366 e. The fourth-order valence-electron chi connectivity index (χ4n) is 4.83. The number of carbonyl (C=O) groups excluding carboxylic acids is 1. The lowest BCUT2D eigenvalue weighted by atomic mass is 9.92. The third-order valence-electron chi connectivity index (χ3n) is 6.54. The van der Waals surface area contributed by atoms with Gasteiger partial charge in [0.2, 0.25) is 0 Å². The van der Waals surface area contributed by atoms with E-state index in [0.717, 1.165) is 43.2 Å². The number of rotatable bonds is 7. The summed E-state index contributed by atoms with van der Waals surface area (Å²) < 4.78 is 5.43. The Morgan fingerprint density at radius 3 is 2.74 bits per heavy atom. The molecule has 0 radical (unpaired) electrons. The van der Waals surface area contributed by atoms with Crippen molar-refractivity contribution in [2.24, 2.45) is 0 Å². The number of carbonyl (C=O) groups is 1. The van der Waals surface area contributed by atoms with E-state index < -0.39 is 0 Å². The number of piperidine rings is 1. The first-order valence-corrected chi connectivity index (χ1v) is 12.0. The minimum Gasteiger partial charge on any atom is -0.366 e. The number of hydrogen-bond donors (Lipinski definition) is 2. The van der Waals surface area contributed by atoms with Gasteiger partial charge in [0.15, 0.2) is 6.29 Å². The molecule has 3 heterocycles. The number of nitrogens with zero attached hydrogens (tertiary/aromatic N) is 2. The number of nitrogens with one attached hydrogen (secondary N) is 2. The van der Waals surface area contributed by atoms with Crippen molar-refractivity contribution in [3.8, 4) is 0 Å². The summed E-state index contributed by atoms with van der Waals surface area (Å²) >= 11 is 0. The van der Waals surface area contributed by atoms with Gasteiger partial charge in [-0.3, -0.25) is 9.69 Å². The monoisotopic (exact) mass is 428 g/mol. The van der Waals surface area contributed by atoms with Crippen LogP contribution in [-0.2, 0) is 14.4 Å². The minimum absolute atomic E-state index is 0.304. The summed E-state index contributed by atoms with van der Waals surface area (Å²) in [5.41, 5.74) is 3.31. The van der Waals surface area contributed by atoms with Gasteiger partial charge in [-0.2, -0.15) is 0 Å². The van der Waals surface area contributed by atoms with Crippen LogP contribution in [0, 0.1) is 0 Å². The van der Waals surface area contributed by atoms with Crippen LogP contribution in [0.1, 0.15) is 69.8 Å². The number of ether oxygens (including phenoxy) is 1. The maximum Gasteiger partial charge on any atom is 0.267 e. The molecule has 2 aliphatic heterocycles. The topological polar surface area (TPSA) is 75.7 Å². The molecule has 2 atom stereocenters. The first-order chi connectivity index (χ1) is 15.3. The number of aromatic nitrogens is 1. The Labute approximate surface area is 185 Å². The molecule has 4 rings (SSSR count). The summed E-state index contributed by atoms with van der Waals surface area (Å²) in [7, 11) is 0. The standard InChI is InChI=1S/C24H36N4O3/c29-23(27-31-24-10-4-5-16-30-24)14-12-19-11-13-22(25-17-19)26-20-7-6-15-28(18-20)21-8-2-1-3-9-21/h11-14,17,20-21,24H,1-10,15-16,18H2,(H,25,26)(H,27,29)/b14-12+/t20-,24?/m1/s1. The number of hydroxylamine groups is 1. The summed E-state index contributed by atoms with van der Waals surface area (Å²) in [6.07, 6.45) is 16.9. The number of hydrogen-bond acceptors (Lipinski definition) is 6. The van der Waals surface area contributed by atoms with Crippen LogP contribution in [0.25, 0.3) is 6.08 Å². The molecule has 1 aromatic rings. The first kappa shape index (κ1) is 22.2. The van der Waals surface area contributed by atoms with Gasteiger partial charge in [0.25, 0.3) is 5.91 Å². The van der Waals surface area contributed by atoms with E-state index in [4.69, 9.17) is 9.57 Å². The lowest BCUT2D eigenvalue weighted by Gasteiger charge is -2.40. The van der Waals surface area contributed by atoms with E-state index in [2.05, 4.69) is 20.7 Å². The van der Waals surface area contributed by atoms with Crippen LogP contribution in [-0.4, -0.2) is 53.9 Å². The molecule has 1 saturated carbocycles. The van der Waals surface area contributed by atoms with Crippen LogP contribution < -0.4 is 10.8 Å². The molecular weight excluding hydrogens is 392 g/mol. The highest BCUT2D eigenvalue weighted by Gasteiger charge is 2.27. The Balaban J connectivity index is 1.21. The Bertz CT molecular complexity index is 712. The smallest absolute Gasteiger partial charge is 0.267 e. The highest BCUT2D eigenvalue weighted by molar-refractivity contribution is 5.90. The number of pyridine rings is 1. The van der Waals surface area contributed by atoms with E-state index >= 15 is 0 Å². The molecule has 31 heavy (non-hydrogen) atoms. The predicted molar refractivity (Wildman–Crippen MR) is 121 cm³/mol. The van der Waals surface area contributed by atoms with Crippen molar-refractivity contribution in [3.63, 3.8) is 0 Å². The average molecular weight is 429 g/mol. The van der Waals surface area contributed by atoms with Gasteiger partial charge in [0.05, 0.1) is 0 Å². The fourth-order valence-corrected chi connectivity index (χ4v) is 4.83. The summed E-state index contributed by atoms with van der Waals surface area (Å²) in [4.78, 5) is 24.5. The molecule has 2 saturated heterocycles. The van der Waals surface area contributed by atoms with Gasteiger partial charge in [0, 0.05) is 43.9 Å². The summed E-state index contributed by atoms with van der Waals surface area (Å²) in [6, 6.07) is 5.20. The molecule has 1 aromatic heterocycles. The van der Waals surface area contributed by atoms with Gasteiger partial charge in [-0.15, -0.1) is 0 Å². The molecule has 3 aliphatic rings. The van der Waals surface area contributed by atoms with Gasteiger partial charge >= 0.3 is 0 Å². The Morgan fingerprint density at radius 1 is 1.10 bits per heavy atom. The second kappa shape index (κ2) is 11.6. The second-order valence-corrected chi connectivity index (χ2v) is 8.96. The van der Waals surface area contributed by atoms with Crippen LogP contribution in [0.2, 0.25) is 0 Å². The lowest BCUT2D eigenvalue weighted by molar-refractivity contribution is -0.198. The van der Waals surface area contributed by atoms with E-state index in [0.29, 0.717) is 12.6 Å². The molecule has 0 aromatic carbocycles. The molecule has 0 bridgehead atoms. The molecule has 1 amide bonds. The normalized spacial score (nSPS) is 26.1. The average Bonchev–Trinajstić information content (AvgIpc) is 2.84. The Kier molecular flexibility index (Phi) is 8.32. The quantitative estimate of drug-likeness (QED) is 0.507. The third kappa shape index (κ3) is 7.02. The minimum atomic E-state index is -0.341. The van der Waals surface area contributed by atoms with E-state index in [-0.39, 0.29) is 12.2 Å². The van der Waals surface area contributed by atoms with Crippen molar-refractivity contribution in [1.82, 2.24) is 15.4 Å². The molecule has 7 heteroatoms. The molecule has 0 spiro atoms. The van der Waals surface area contributed by atoms with E-state index in [1.807, 2.05) is 12.1 Å². The summed E-state index contributed by atoms with van der Waals surface area (Å²) in [5, 5.41) is 3.61. The summed E-state index contributed by atoms with van der Waals surface area (Å²) in [6.45, 7) is 3.03.